The molecule has 0 radical (unpaired) electrons. The Labute approximate surface area is 287 Å². The first kappa shape index (κ1) is 39.8. The first-order valence-electron chi connectivity index (χ1n) is 16.2. The molecule has 49 heavy (non-hydrogen) atoms. The van der Waals surface area contributed by atoms with Crippen molar-refractivity contribution in [3.05, 3.63) is 71.8 Å². The summed E-state index contributed by atoms with van der Waals surface area (Å²) in [5, 5.41) is 20.6. The molecule has 5 amide bonds. The molecule has 0 saturated carbocycles. The zero-order valence-electron chi connectivity index (χ0n) is 28.4. The molecule has 0 aromatic heterocycles. The number of ether oxygens (including phenoxy) is 2. The van der Waals surface area contributed by atoms with Crippen LogP contribution < -0.4 is 38.1 Å². The molecule has 0 unspecified atom stereocenters. The molecule has 0 aliphatic carbocycles. The quantitative estimate of drug-likeness (QED) is 0.0613. The molecule has 0 fully saturated rings. The molecule has 2 rings (SSSR count). The minimum absolute atomic E-state index is 0.0873. The second-order valence-corrected chi connectivity index (χ2v) is 12.4. The summed E-state index contributed by atoms with van der Waals surface area (Å²) in [6, 6.07) is 15.0. The molecule has 0 aliphatic rings. The molecule has 0 saturated heterocycles. The minimum atomic E-state index is -1.13. The summed E-state index contributed by atoms with van der Waals surface area (Å²) in [5.74, 6) is -2.28. The van der Waals surface area contributed by atoms with Gasteiger partial charge in [0, 0.05) is 19.5 Å². The van der Waals surface area contributed by atoms with E-state index in [4.69, 9.17) is 26.4 Å². The highest BCUT2D eigenvalue weighted by Crippen LogP contribution is 2.10. The molecule has 2 aromatic rings. The lowest BCUT2D eigenvalue weighted by molar-refractivity contribution is -0.132. The number of guanidine groups is 1. The fourth-order valence-corrected chi connectivity index (χ4v) is 4.58. The van der Waals surface area contributed by atoms with E-state index in [1.165, 1.54) is 0 Å². The molecule has 2 aromatic carbocycles. The number of nitrogens with two attached hydrogens (primary N) is 2. The van der Waals surface area contributed by atoms with Gasteiger partial charge in [-0.1, -0.05) is 60.7 Å². The van der Waals surface area contributed by atoms with E-state index in [0.29, 0.717) is 19.3 Å². The van der Waals surface area contributed by atoms with Gasteiger partial charge in [0.1, 0.15) is 30.3 Å². The standard InChI is InChI=1S/C34H50N8O7/c1-34(2,3)49-33(47)42-26(18-12-20-38-31(36)37)29(44)41-27(21-23-13-6-4-7-14-23)30(45)40-25(28(35)43)17-10-11-19-39-32(46)48-22-24-15-8-5-9-16-24/h4-9,13-16,25-27H,10-12,17-22H2,1-3H3,(H2,35,43)(H,39,46)(H,40,45)(H,41,44)(H,42,47)(H4,36,37,38)/t25-,26+,27-/m0/s1. The fraction of sp³-hybridized carbons (Fsp3) is 0.471. The van der Waals surface area contributed by atoms with Gasteiger partial charge in [-0.25, -0.2) is 9.59 Å². The van der Waals surface area contributed by atoms with Crippen LogP contribution >= 0.6 is 0 Å². The zero-order chi connectivity index (χ0) is 36.2. The predicted molar refractivity (Wildman–Crippen MR) is 184 cm³/mol. The first-order valence-corrected chi connectivity index (χ1v) is 16.2. The van der Waals surface area contributed by atoms with Crippen LogP contribution in [0.5, 0.6) is 0 Å². The van der Waals surface area contributed by atoms with E-state index in [1.807, 2.05) is 36.4 Å². The van der Waals surface area contributed by atoms with Crippen molar-refractivity contribution in [2.75, 3.05) is 13.1 Å². The van der Waals surface area contributed by atoms with E-state index in [-0.39, 0.29) is 44.9 Å². The summed E-state index contributed by atoms with van der Waals surface area (Å²) in [5.41, 5.74) is 11.7. The highest BCUT2D eigenvalue weighted by atomic mass is 16.6. The Morgan fingerprint density at radius 2 is 1.24 bits per heavy atom. The normalized spacial score (nSPS) is 12.7. The number of nitrogens with one attached hydrogen (secondary N) is 6. The molecule has 15 nitrogen and oxygen atoms in total. The molecular weight excluding hydrogens is 632 g/mol. The highest BCUT2D eigenvalue weighted by Gasteiger charge is 2.30. The summed E-state index contributed by atoms with van der Waals surface area (Å²) >= 11 is 0. The van der Waals surface area contributed by atoms with Gasteiger partial charge in [0.2, 0.25) is 17.7 Å². The van der Waals surface area contributed by atoms with Crippen molar-refractivity contribution >= 4 is 35.9 Å². The van der Waals surface area contributed by atoms with Crippen LogP contribution in [0, 0.1) is 5.41 Å². The summed E-state index contributed by atoms with van der Waals surface area (Å²) < 4.78 is 10.5. The third kappa shape index (κ3) is 17.4. The maximum absolute atomic E-state index is 13.6. The minimum Gasteiger partial charge on any atom is -0.445 e. The predicted octanol–water partition coefficient (Wildman–Crippen LogP) is 1.94. The average molecular weight is 683 g/mol. The molecule has 3 atom stereocenters. The fourth-order valence-electron chi connectivity index (χ4n) is 4.58. The lowest BCUT2D eigenvalue weighted by atomic mass is 10.0. The molecule has 0 spiro atoms. The monoisotopic (exact) mass is 682 g/mol. The number of hydrogen-bond donors (Lipinski definition) is 8. The third-order valence-electron chi connectivity index (χ3n) is 6.97. The van der Waals surface area contributed by atoms with Crippen LogP contribution in [0.25, 0.3) is 0 Å². The van der Waals surface area contributed by atoms with Crippen molar-refractivity contribution < 1.29 is 33.4 Å². The lowest BCUT2D eigenvalue weighted by Crippen LogP contribution is -2.57. The number of unbranched alkanes of at least 4 members (excludes halogenated alkanes) is 1. The second-order valence-electron chi connectivity index (χ2n) is 12.4. The molecule has 0 heterocycles. The Morgan fingerprint density at radius 3 is 1.84 bits per heavy atom. The van der Waals surface area contributed by atoms with Gasteiger partial charge < -0.3 is 47.5 Å². The Hall–Kier alpha value is -5.34. The number of carbonyl (C=O) groups is 5. The van der Waals surface area contributed by atoms with Crippen LogP contribution in [0.2, 0.25) is 0 Å². The number of primary amides is 1. The van der Waals surface area contributed by atoms with Gasteiger partial charge in [0.25, 0.3) is 0 Å². The summed E-state index contributed by atoms with van der Waals surface area (Å²) in [4.78, 5) is 64.0. The molecule has 268 valence electrons. The van der Waals surface area contributed by atoms with E-state index in [1.54, 1.807) is 45.0 Å². The van der Waals surface area contributed by atoms with Crippen LogP contribution in [0.3, 0.4) is 0 Å². The van der Waals surface area contributed by atoms with Gasteiger partial charge in [-0.2, -0.15) is 0 Å². The van der Waals surface area contributed by atoms with Crippen molar-refractivity contribution in [2.45, 2.75) is 89.6 Å². The molecule has 10 N–H and O–H groups in total. The van der Waals surface area contributed by atoms with Crippen molar-refractivity contribution in [2.24, 2.45) is 11.5 Å². The Balaban J connectivity index is 2.03. The molecule has 0 bridgehead atoms. The number of amides is 5. The van der Waals surface area contributed by atoms with Crippen molar-refractivity contribution in [3.63, 3.8) is 0 Å². The number of hydrogen-bond acceptors (Lipinski definition) is 8. The van der Waals surface area contributed by atoms with Gasteiger partial charge in [-0.05, 0) is 64.0 Å². The molecule has 0 aliphatic heterocycles. The van der Waals surface area contributed by atoms with Crippen LogP contribution in [-0.2, 0) is 36.9 Å². The van der Waals surface area contributed by atoms with E-state index in [2.05, 4.69) is 26.6 Å². The number of rotatable bonds is 19. The maximum Gasteiger partial charge on any atom is 0.408 e. The molecule has 15 heteroatoms. The van der Waals surface area contributed by atoms with Gasteiger partial charge in [0.05, 0.1) is 0 Å². The van der Waals surface area contributed by atoms with Crippen LogP contribution in [-0.4, -0.2) is 72.7 Å². The van der Waals surface area contributed by atoms with Crippen LogP contribution in [0.4, 0.5) is 9.59 Å². The number of alkyl carbamates (subject to hydrolysis) is 2. The average Bonchev–Trinajstić information content (AvgIpc) is 3.03. The molecular formula is C34H50N8O7. The Bertz CT molecular complexity index is 1370. The van der Waals surface area contributed by atoms with Crippen molar-refractivity contribution in [3.8, 4) is 0 Å². The SMILES string of the molecule is CC(C)(C)OC(=O)N[C@H](CCCNC(=N)N)C(=O)N[C@@H](Cc1ccccc1)C(=O)N[C@@H](CCCCNC(=O)OCc1ccccc1)C(N)=O. The summed E-state index contributed by atoms with van der Waals surface area (Å²) in [6.45, 7) is 5.75. The maximum atomic E-state index is 13.6. The van der Waals surface area contributed by atoms with Crippen LogP contribution in [0.15, 0.2) is 60.7 Å². The largest absolute Gasteiger partial charge is 0.445 e. The Kier molecular flexibility index (Phi) is 16.9. The second kappa shape index (κ2) is 20.8. The lowest BCUT2D eigenvalue weighted by Gasteiger charge is -2.26. The van der Waals surface area contributed by atoms with Gasteiger partial charge in [-0.15, -0.1) is 0 Å². The van der Waals surface area contributed by atoms with Gasteiger partial charge in [-0.3, -0.25) is 19.8 Å². The first-order chi connectivity index (χ1) is 23.2. The third-order valence-corrected chi connectivity index (χ3v) is 6.97. The number of carbonyl (C=O) groups excluding carboxylic acids is 5. The highest BCUT2D eigenvalue weighted by molar-refractivity contribution is 5.93. The van der Waals surface area contributed by atoms with Crippen molar-refractivity contribution in [1.29, 1.82) is 5.41 Å². The van der Waals surface area contributed by atoms with E-state index < -0.39 is 53.6 Å². The van der Waals surface area contributed by atoms with E-state index in [9.17, 15) is 24.0 Å². The van der Waals surface area contributed by atoms with E-state index in [0.717, 1.165) is 11.1 Å². The van der Waals surface area contributed by atoms with Crippen molar-refractivity contribution in [1.82, 2.24) is 26.6 Å². The smallest absolute Gasteiger partial charge is 0.408 e. The van der Waals surface area contributed by atoms with E-state index >= 15 is 0 Å². The zero-order valence-corrected chi connectivity index (χ0v) is 28.4. The topological polar surface area (TPSA) is 240 Å². The summed E-state index contributed by atoms with van der Waals surface area (Å²) in [7, 11) is 0. The number of benzene rings is 2. The van der Waals surface area contributed by atoms with Gasteiger partial charge >= 0.3 is 12.2 Å². The van der Waals surface area contributed by atoms with Crippen LogP contribution in [0.1, 0.15) is 64.0 Å². The van der Waals surface area contributed by atoms with Gasteiger partial charge in [0.15, 0.2) is 5.96 Å². The Morgan fingerprint density at radius 1 is 0.694 bits per heavy atom. The summed E-state index contributed by atoms with van der Waals surface area (Å²) in [6.07, 6.45) is 0.319.